The average Bonchev–Trinajstić information content (AvgIpc) is 2.58. The standard InChI is InChI=1S/C18H26N2O4/c1-6-13(3)24-18(23)20(7-2)12-15-8-10-16(11-9-15)17(22)19(5)14(4)21/h6,8-11,14,21H,7,12H2,1-5H3/b13-6+. The zero-order valence-corrected chi connectivity index (χ0v) is 14.9. The molecule has 0 radical (unpaired) electrons. The summed E-state index contributed by atoms with van der Waals surface area (Å²) >= 11 is 0. The summed E-state index contributed by atoms with van der Waals surface area (Å²) in [5.41, 5.74) is 1.38. The summed E-state index contributed by atoms with van der Waals surface area (Å²) < 4.78 is 5.20. The third-order valence-electron chi connectivity index (χ3n) is 3.75. The predicted octanol–water partition coefficient (Wildman–Crippen LogP) is 2.98. The molecule has 1 rings (SSSR count). The molecule has 2 amide bonds. The number of carbonyl (C=O) groups excluding carboxylic acids is 2. The summed E-state index contributed by atoms with van der Waals surface area (Å²) in [6.07, 6.45) is 0.477. The first-order valence-corrected chi connectivity index (χ1v) is 7.94. The van der Waals surface area contributed by atoms with Gasteiger partial charge in [-0.15, -0.1) is 0 Å². The van der Waals surface area contributed by atoms with Crippen molar-refractivity contribution in [3.8, 4) is 0 Å². The quantitative estimate of drug-likeness (QED) is 0.641. The largest absolute Gasteiger partial charge is 0.415 e. The lowest BCUT2D eigenvalue weighted by atomic mass is 10.1. The van der Waals surface area contributed by atoms with Gasteiger partial charge in [-0.3, -0.25) is 4.79 Å². The van der Waals surface area contributed by atoms with Crippen LogP contribution in [0.15, 0.2) is 36.1 Å². The molecule has 1 aromatic rings. The highest BCUT2D eigenvalue weighted by Gasteiger charge is 2.17. The van der Waals surface area contributed by atoms with E-state index in [4.69, 9.17) is 4.74 Å². The van der Waals surface area contributed by atoms with Crippen molar-refractivity contribution in [1.82, 2.24) is 9.80 Å². The molecule has 1 N–H and O–H groups in total. The van der Waals surface area contributed by atoms with Gasteiger partial charge in [-0.2, -0.15) is 0 Å². The summed E-state index contributed by atoms with van der Waals surface area (Å²) in [5.74, 6) is 0.299. The lowest BCUT2D eigenvalue weighted by Gasteiger charge is -2.22. The maximum Gasteiger partial charge on any atom is 0.415 e. The molecule has 1 unspecified atom stereocenters. The highest BCUT2D eigenvalue weighted by molar-refractivity contribution is 5.94. The molecule has 0 spiro atoms. The van der Waals surface area contributed by atoms with E-state index in [1.807, 2.05) is 6.92 Å². The Balaban J connectivity index is 2.78. The zero-order valence-electron chi connectivity index (χ0n) is 14.9. The number of benzene rings is 1. The van der Waals surface area contributed by atoms with Crippen LogP contribution in [0, 0.1) is 0 Å². The van der Waals surface area contributed by atoms with Crippen molar-refractivity contribution in [3.05, 3.63) is 47.2 Å². The second kappa shape index (κ2) is 9.08. The van der Waals surface area contributed by atoms with Gasteiger partial charge in [0.1, 0.15) is 12.0 Å². The maximum absolute atomic E-state index is 12.1. The minimum absolute atomic E-state index is 0.257. The summed E-state index contributed by atoms with van der Waals surface area (Å²) in [7, 11) is 1.54. The van der Waals surface area contributed by atoms with Gasteiger partial charge in [0.15, 0.2) is 0 Å². The fourth-order valence-corrected chi connectivity index (χ4v) is 1.91. The highest BCUT2D eigenvalue weighted by Crippen LogP contribution is 2.12. The first-order valence-electron chi connectivity index (χ1n) is 7.94. The van der Waals surface area contributed by atoms with Crippen molar-refractivity contribution < 1.29 is 19.4 Å². The molecule has 1 atom stereocenters. The summed E-state index contributed by atoms with van der Waals surface area (Å²) in [6.45, 7) is 7.85. The fourth-order valence-electron chi connectivity index (χ4n) is 1.91. The molecule has 0 aliphatic carbocycles. The number of rotatable bonds is 6. The third kappa shape index (κ3) is 5.38. The molecule has 0 aliphatic heterocycles. The number of allylic oxidation sites excluding steroid dienone is 2. The van der Waals surface area contributed by atoms with E-state index in [-0.39, 0.29) is 5.91 Å². The second-order valence-electron chi connectivity index (χ2n) is 5.53. The van der Waals surface area contributed by atoms with E-state index >= 15 is 0 Å². The second-order valence-corrected chi connectivity index (χ2v) is 5.53. The summed E-state index contributed by atoms with van der Waals surface area (Å²) in [6, 6.07) is 6.96. The van der Waals surface area contributed by atoms with E-state index in [1.165, 1.54) is 11.8 Å². The van der Waals surface area contributed by atoms with Crippen molar-refractivity contribution in [3.63, 3.8) is 0 Å². The van der Waals surface area contributed by atoms with Crippen molar-refractivity contribution in [2.24, 2.45) is 0 Å². The van der Waals surface area contributed by atoms with E-state index in [0.29, 0.717) is 24.4 Å². The Morgan fingerprint density at radius 2 is 1.88 bits per heavy atom. The number of carbonyl (C=O) groups is 2. The Hall–Kier alpha value is -2.34. The van der Waals surface area contributed by atoms with Crippen LogP contribution in [0.4, 0.5) is 4.79 Å². The fraction of sp³-hybridized carbons (Fsp3) is 0.444. The summed E-state index contributed by atoms with van der Waals surface area (Å²) in [5, 5.41) is 9.45. The van der Waals surface area contributed by atoms with E-state index in [0.717, 1.165) is 5.56 Å². The monoisotopic (exact) mass is 334 g/mol. The summed E-state index contributed by atoms with van der Waals surface area (Å²) in [4.78, 5) is 27.0. The molecule has 6 heteroatoms. The third-order valence-corrected chi connectivity index (χ3v) is 3.75. The molecule has 0 aliphatic rings. The van der Waals surface area contributed by atoms with Gasteiger partial charge in [0, 0.05) is 25.7 Å². The van der Waals surface area contributed by atoms with Crippen LogP contribution in [-0.4, -0.2) is 46.7 Å². The minimum atomic E-state index is -0.850. The van der Waals surface area contributed by atoms with E-state index in [1.54, 1.807) is 56.1 Å². The number of nitrogens with zero attached hydrogens (tertiary/aromatic N) is 2. The van der Waals surface area contributed by atoms with E-state index in [9.17, 15) is 14.7 Å². The van der Waals surface area contributed by atoms with Crippen LogP contribution in [0.5, 0.6) is 0 Å². The van der Waals surface area contributed by atoms with Gasteiger partial charge in [0.05, 0.1) is 0 Å². The zero-order chi connectivity index (χ0) is 18.3. The smallest absolute Gasteiger partial charge is 0.415 e. The number of aliphatic hydroxyl groups excluding tert-OH is 1. The van der Waals surface area contributed by atoms with Gasteiger partial charge in [-0.1, -0.05) is 12.1 Å². The molecule has 0 aromatic heterocycles. The van der Waals surface area contributed by atoms with Crippen molar-refractivity contribution >= 4 is 12.0 Å². The van der Waals surface area contributed by atoms with Gasteiger partial charge in [-0.05, 0) is 51.5 Å². The van der Waals surface area contributed by atoms with Gasteiger partial charge in [0.2, 0.25) is 0 Å². The molecule has 6 nitrogen and oxygen atoms in total. The molecule has 1 aromatic carbocycles. The van der Waals surface area contributed by atoms with Crippen LogP contribution in [0.1, 0.15) is 43.6 Å². The average molecular weight is 334 g/mol. The van der Waals surface area contributed by atoms with Crippen LogP contribution in [0.25, 0.3) is 0 Å². The van der Waals surface area contributed by atoms with Crippen LogP contribution >= 0.6 is 0 Å². The van der Waals surface area contributed by atoms with Gasteiger partial charge in [0.25, 0.3) is 5.91 Å². The number of aliphatic hydroxyl groups is 1. The Bertz CT molecular complexity index is 594. The Morgan fingerprint density at radius 3 is 2.33 bits per heavy atom. The van der Waals surface area contributed by atoms with Crippen molar-refractivity contribution in [2.75, 3.05) is 13.6 Å². The molecular weight excluding hydrogens is 308 g/mol. The molecule has 0 fully saturated rings. The van der Waals surface area contributed by atoms with Gasteiger partial charge in [-0.25, -0.2) is 4.79 Å². The normalized spacial score (nSPS) is 12.5. The Morgan fingerprint density at radius 1 is 1.29 bits per heavy atom. The van der Waals surface area contributed by atoms with Crippen LogP contribution < -0.4 is 0 Å². The van der Waals surface area contributed by atoms with E-state index < -0.39 is 12.3 Å². The van der Waals surface area contributed by atoms with Crippen molar-refractivity contribution in [2.45, 2.75) is 40.5 Å². The SMILES string of the molecule is C/C=C(\C)OC(=O)N(CC)Cc1ccc(C(=O)N(C)C(C)O)cc1. The minimum Gasteiger partial charge on any atom is -0.415 e. The maximum atomic E-state index is 12.1. The Labute approximate surface area is 143 Å². The Kier molecular flexibility index (Phi) is 7.45. The first-order chi connectivity index (χ1) is 11.3. The lowest BCUT2D eigenvalue weighted by molar-refractivity contribution is 0.0293. The number of hydrogen-bond donors (Lipinski definition) is 1. The molecular formula is C18H26N2O4. The lowest BCUT2D eigenvalue weighted by Crippen LogP contribution is -2.34. The van der Waals surface area contributed by atoms with Gasteiger partial charge >= 0.3 is 6.09 Å². The molecule has 0 bridgehead atoms. The number of amides is 2. The molecule has 0 saturated heterocycles. The molecule has 0 saturated carbocycles. The van der Waals surface area contributed by atoms with Crippen LogP contribution in [0.3, 0.4) is 0 Å². The van der Waals surface area contributed by atoms with E-state index in [2.05, 4.69) is 0 Å². The van der Waals surface area contributed by atoms with Crippen LogP contribution in [0.2, 0.25) is 0 Å². The topological polar surface area (TPSA) is 70.1 Å². The number of hydrogen-bond acceptors (Lipinski definition) is 4. The predicted molar refractivity (Wildman–Crippen MR) is 92.2 cm³/mol. The number of ether oxygens (including phenoxy) is 1. The van der Waals surface area contributed by atoms with Crippen molar-refractivity contribution in [1.29, 1.82) is 0 Å². The molecule has 0 heterocycles. The van der Waals surface area contributed by atoms with Gasteiger partial charge < -0.3 is 19.6 Å². The molecule has 132 valence electrons. The first kappa shape index (κ1) is 19.7. The highest BCUT2D eigenvalue weighted by atomic mass is 16.6. The van der Waals surface area contributed by atoms with Crippen LogP contribution in [-0.2, 0) is 11.3 Å². The molecule has 24 heavy (non-hydrogen) atoms.